The van der Waals surface area contributed by atoms with Crippen LogP contribution in [0.25, 0.3) is 10.9 Å². The highest BCUT2D eigenvalue weighted by molar-refractivity contribution is 6.35. The number of likely N-dealkylation sites (tertiary alicyclic amines) is 1. The number of benzene rings is 2. The summed E-state index contributed by atoms with van der Waals surface area (Å²) >= 11 is 6.61. The topological polar surface area (TPSA) is 71.8 Å². The van der Waals surface area contributed by atoms with Crippen LogP contribution >= 0.6 is 11.6 Å². The molecule has 35 heavy (non-hydrogen) atoms. The van der Waals surface area contributed by atoms with Crippen molar-refractivity contribution in [3.63, 3.8) is 0 Å². The third-order valence-electron chi connectivity index (χ3n) is 6.97. The van der Waals surface area contributed by atoms with E-state index in [2.05, 4.69) is 42.5 Å². The first-order chi connectivity index (χ1) is 16.8. The Labute approximate surface area is 210 Å². The van der Waals surface area contributed by atoms with E-state index in [-0.39, 0.29) is 17.8 Å². The van der Waals surface area contributed by atoms with Gasteiger partial charge in [0.05, 0.1) is 17.1 Å². The number of para-hydroxylation sites is 1. The number of piperidine rings is 1. The zero-order chi connectivity index (χ0) is 25.2. The lowest BCUT2D eigenvalue weighted by Crippen LogP contribution is -2.46. The SMILES string of the molecule is Cc1ccc(Cl)c2c1c(CN1CCC3(CC1)CN(c1ccccc1)C(=O)O3)cn2C(C)C.O=C=O. The average molecular weight is 496 g/mol. The Morgan fingerprint density at radius 1 is 1.09 bits per heavy atom. The summed E-state index contributed by atoms with van der Waals surface area (Å²) < 4.78 is 8.23. The van der Waals surface area contributed by atoms with Crippen LogP contribution in [0.1, 0.15) is 43.9 Å². The monoisotopic (exact) mass is 495 g/mol. The highest BCUT2D eigenvalue weighted by atomic mass is 35.5. The van der Waals surface area contributed by atoms with Gasteiger partial charge in [-0.25, -0.2) is 4.79 Å². The molecule has 0 N–H and O–H groups in total. The van der Waals surface area contributed by atoms with Crippen LogP contribution in [-0.2, 0) is 20.9 Å². The molecule has 0 bridgehead atoms. The zero-order valence-corrected chi connectivity index (χ0v) is 21.0. The summed E-state index contributed by atoms with van der Waals surface area (Å²) in [5, 5.41) is 2.08. The van der Waals surface area contributed by atoms with Gasteiger partial charge in [0, 0.05) is 55.8 Å². The quantitative estimate of drug-likeness (QED) is 0.471. The van der Waals surface area contributed by atoms with Crippen LogP contribution < -0.4 is 4.90 Å². The van der Waals surface area contributed by atoms with Gasteiger partial charge in [0.25, 0.3) is 0 Å². The molecule has 2 aliphatic rings. The van der Waals surface area contributed by atoms with E-state index in [1.54, 1.807) is 4.90 Å². The number of amides is 1. The fourth-order valence-electron chi connectivity index (χ4n) is 5.20. The van der Waals surface area contributed by atoms with Gasteiger partial charge in [0.2, 0.25) is 0 Å². The van der Waals surface area contributed by atoms with Gasteiger partial charge in [0.1, 0.15) is 5.60 Å². The Bertz CT molecular complexity index is 1240. The molecule has 2 aromatic carbocycles. The first-order valence-corrected chi connectivity index (χ1v) is 12.2. The third kappa shape index (κ3) is 4.98. The second-order valence-corrected chi connectivity index (χ2v) is 9.98. The second kappa shape index (κ2) is 10.2. The fraction of sp³-hybridized carbons (Fsp3) is 0.407. The van der Waals surface area contributed by atoms with Crippen molar-refractivity contribution in [2.45, 2.75) is 51.8 Å². The second-order valence-electron chi connectivity index (χ2n) is 9.58. The summed E-state index contributed by atoms with van der Waals surface area (Å²) in [6.07, 6.45) is 4.00. The van der Waals surface area contributed by atoms with E-state index >= 15 is 0 Å². The lowest BCUT2D eigenvalue weighted by atomic mass is 9.91. The lowest BCUT2D eigenvalue weighted by molar-refractivity contribution is -0.191. The van der Waals surface area contributed by atoms with Gasteiger partial charge in [-0.3, -0.25) is 9.80 Å². The molecule has 7 nitrogen and oxygen atoms in total. The highest BCUT2D eigenvalue weighted by Crippen LogP contribution is 2.38. The number of carbonyl (C=O) groups excluding carboxylic acids is 3. The minimum absolute atomic E-state index is 0.227. The van der Waals surface area contributed by atoms with Crippen molar-refractivity contribution in [1.29, 1.82) is 0 Å². The number of halogens is 1. The smallest absolute Gasteiger partial charge is 0.415 e. The van der Waals surface area contributed by atoms with E-state index in [4.69, 9.17) is 25.9 Å². The Morgan fingerprint density at radius 3 is 2.37 bits per heavy atom. The summed E-state index contributed by atoms with van der Waals surface area (Å²) in [6, 6.07) is 14.3. The summed E-state index contributed by atoms with van der Waals surface area (Å²) in [5.74, 6) is 0. The van der Waals surface area contributed by atoms with Crippen LogP contribution in [0.3, 0.4) is 0 Å². The molecule has 8 heteroatoms. The minimum atomic E-state index is -0.380. The lowest BCUT2D eigenvalue weighted by Gasteiger charge is -2.37. The molecule has 5 rings (SSSR count). The molecule has 0 atom stereocenters. The summed E-state index contributed by atoms with van der Waals surface area (Å²) in [7, 11) is 0. The van der Waals surface area contributed by atoms with Gasteiger partial charge >= 0.3 is 12.2 Å². The molecule has 0 radical (unpaired) electrons. The molecule has 1 aromatic heterocycles. The number of aromatic nitrogens is 1. The average Bonchev–Trinajstić information content (AvgIpc) is 3.38. The summed E-state index contributed by atoms with van der Waals surface area (Å²) in [4.78, 5) is 33.1. The molecular weight excluding hydrogens is 466 g/mol. The van der Waals surface area contributed by atoms with Crippen LogP contribution in [-0.4, -0.2) is 46.9 Å². The molecular formula is C27H30ClN3O4. The largest absolute Gasteiger partial charge is 0.441 e. The van der Waals surface area contributed by atoms with Crippen molar-refractivity contribution < 1.29 is 19.1 Å². The van der Waals surface area contributed by atoms with Crippen LogP contribution in [0.2, 0.25) is 5.02 Å². The number of carbonyl (C=O) groups is 1. The van der Waals surface area contributed by atoms with E-state index in [0.29, 0.717) is 12.6 Å². The molecule has 2 aliphatic heterocycles. The number of rotatable bonds is 4. The maximum atomic E-state index is 12.6. The third-order valence-corrected chi connectivity index (χ3v) is 7.27. The van der Waals surface area contributed by atoms with Crippen molar-refractivity contribution >= 4 is 40.4 Å². The zero-order valence-electron chi connectivity index (χ0n) is 20.3. The van der Waals surface area contributed by atoms with E-state index in [0.717, 1.165) is 48.7 Å². The maximum Gasteiger partial charge on any atom is 0.415 e. The Balaban J connectivity index is 0.000000917. The van der Waals surface area contributed by atoms with Gasteiger partial charge in [-0.2, -0.15) is 9.59 Å². The highest BCUT2D eigenvalue weighted by Gasteiger charge is 2.47. The van der Waals surface area contributed by atoms with Crippen molar-refractivity contribution in [3.8, 4) is 0 Å². The van der Waals surface area contributed by atoms with Gasteiger partial charge in [-0.15, -0.1) is 0 Å². The summed E-state index contributed by atoms with van der Waals surface area (Å²) in [6.45, 7) is 9.87. The first kappa shape index (κ1) is 25.0. The van der Waals surface area contributed by atoms with Crippen LogP contribution in [0.15, 0.2) is 48.7 Å². The van der Waals surface area contributed by atoms with Crippen molar-refractivity contribution in [2.75, 3.05) is 24.5 Å². The molecule has 1 amide bonds. The predicted octanol–water partition coefficient (Wildman–Crippen LogP) is 5.59. The van der Waals surface area contributed by atoms with Crippen molar-refractivity contribution in [1.82, 2.24) is 9.47 Å². The first-order valence-electron chi connectivity index (χ1n) is 11.8. The maximum absolute atomic E-state index is 12.6. The molecule has 0 saturated carbocycles. The van der Waals surface area contributed by atoms with Gasteiger partial charge in [-0.05, 0) is 50.1 Å². The van der Waals surface area contributed by atoms with Crippen LogP contribution in [0.4, 0.5) is 10.5 Å². The van der Waals surface area contributed by atoms with E-state index in [9.17, 15) is 4.79 Å². The molecule has 2 fully saturated rings. The molecule has 0 aliphatic carbocycles. The molecule has 2 saturated heterocycles. The van der Waals surface area contributed by atoms with E-state index in [1.807, 2.05) is 36.4 Å². The molecule has 3 heterocycles. The predicted molar refractivity (Wildman–Crippen MR) is 135 cm³/mol. The number of aryl methyl sites for hydroxylation is 1. The number of fused-ring (bicyclic) bond motifs is 1. The van der Waals surface area contributed by atoms with Gasteiger partial charge < -0.3 is 9.30 Å². The molecule has 184 valence electrons. The number of hydrogen-bond donors (Lipinski definition) is 0. The van der Waals surface area contributed by atoms with Crippen molar-refractivity contribution in [2.24, 2.45) is 0 Å². The van der Waals surface area contributed by atoms with Crippen molar-refractivity contribution in [3.05, 3.63) is 64.8 Å². The van der Waals surface area contributed by atoms with Crippen LogP contribution in [0.5, 0.6) is 0 Å². The number of hydrogen-bond acceptors (Lipinski definition) is 5. The normalized spacial score (nSPS) is 17.4. The Hall–Kier alpha value is -3.12. The minimum Gasteiger partial charge on any atom is -0.441 e. The number of nitrogens with zero attached hydrogens (tertiary/aromatic N) is 3. The van der Waals surface area contributed by atoms with Gasteiger partial charge in [0.15, 0.2) is 0 Å². The van der Waals surface area contributed by atoms with E-state index < -0.39 is 0 Å². The Morgan fingerprint density at radius 2 is 1.74 bits per heavy atom. The summed E-state index contributed by atoms with van der Waals surface area (Å²) in [5.41, 5.74) is 4.24. The Kier molecular flexibility index (Phi) is 7.31. The molecule has 0 unspecified atom stereocenters. The van der Waals surface area contributed by atoms with Gasteiger partial charge in [-0.1, -0.05) is 35.9 Å². The van der Waals surface area contributed by atoms with Crippen LogP contribution in [0, 0.1) is 6.92 Å². The number of ether oxygens (including phenoxy) is 1. The standard InChI is InChI=1S/C26H30ClN3O2.CO2/c1-18(2)29-16-20(23-19(3)9-10-22(27)24(23)29)15-28-13-11-26(12-14-28)17-30(25(31)32-26)21-7-5-4-6-8-21;2-1-3/h4-10,16,18H,11-15,17H2,1-3H3;. The van der Waals surface area contributed by atoms with E-state index in [1.165, 1.54) is 16.5 Å². The number of anilines is 1. The molecule has 3 aromatic rings. The fourth-order valence-corrected chi connectivity index (χ4v) is 5.45. The molecule has 1 spiro atoms.